The van der Waals surface area contributed by atoms with E-state index in [2.05, 4.69) is 29.6 Å². The normalized spacial score (nSPS) is 20.2. The molecule has 0 bridgehead atoms. The lowest BCUT2D eigenvalue weighted by Gasteiger charge is -2.39. The fraction of sp³-hybridized carbons (Fsp3) is 0.409. The fourth-order valence-electron chi connectivity index (χ4n) is 3.80. The summed E-state index contributed by atoms with van der Waals surface area (Å²) in [4.78, 5) is 13.8. The minimum Gasteiger partial charge on any atom is -0.343 e. The van der Waals surface area contributed by atoms with E-state index in [0.29, 0.717) is 18.4 Å². The monoisotopic (exact) mass is 354 g/mol. The Balaban J connectivity index is 1.61. The number of amides is 1. The van der Waals surface area contributed by atoms with Crippen LogP contribution in [-0.2, 0) is 17.6 Å². The maximum atomic E-state index is 13.8. The average Bonchev–Trinajstić information content (AvgIpc) is 2.65. The van der Waals surface area contributed by atoms with E-state index < -0.39 is 0 Å². The second kappa shape index (κ2) is 8.95. The van der Waals surface area contributed by atoms with E-state index in [1.165, 1.54) is 11.6 Å². The van der Waals surface area contributed by atoms with Crippen LogP contribution in [0.25, 0.3) is 0 Å². The highest BCUT2D eigenvalue weighted by atomic mass is 19.1. The van der Waals surface area contributed by atoms with Gasteiger partial charge in [-0.3, -0.25) is 4.79 Å². The van der Waals surface area contributed by atoms with Gasteiger partial charge in [-0.15, -0.1) is 0 Å². The maximum Gasteiger partial charge on any atom is 0.219 e. The van der Waals surface area contributed by atoms with E-state index in [4.69, 9.17) is 0 Å². The Labute approximate surface area is 155 Å². The molecule has 1 heterocycles. The maximum absolute atomic E-state index is 13.8. The number of carbonyl (C=O) groups excluding carboxylic acids is 1. The largest absolute Gasteiger partial charge is 0.343 e. The smallest absolute Gasteiger partial charge is 0.219 e. The highest BCUT2D eigenvalue weighted by Gasteiger charge is 2.30. The number of benzene rings is 2. The molecule has 1 N–H and O–H groups in total. The Morgan fingerprint density at radius 3 is 2.62 bits per heavy atom. The first kappa shape index (κ1) is 18.6. The van der Waals surface area contributed by atoms with Crippen molar-refractivity contribution in [1.29, 1.82) is 0 Å². The van der Waals surface area contributed by atoms with E-state index in [-0.39, 0.29) is 11.7 Å². The molecular formula is C22H27FN2O. The summed E-state index contributed by atoms with van der Waals surface area (Å²) in [5, 5.41) is 3.62. The zero-order valence-corrected chi connectivity index (χ0v) is 15.3. The molecule has 1 amide bonds. The molecule has 0 aromatic heterocycles. The van der Waals surface area contributed by atoms with Gasteiger partial charge in [0.25, 0.3) is 0 Å². The third-order valence-corrected chi connectivity index (χ3v) is 5.28. The molecule has 0 aliphatic carbocycles. The van der Waals surface area contributed by atoms with Crippen LogP contribution in [0.2, 0.25) is 0 Å². The predicted molar refractivity (Wildman–Crippen MR) is 102 cm³/mol. The summed E-state index contributed by atoms with van der Waals surface area (Å²) < 4.78 is 13.8. The molecule has 26 heavy (non-hydrogen) atoms. The van der Waals surface area contributed by atoms with E-state index in [0.717, 1.165) is 38.0 Å². The first-order valence-electron chi connectivity index (χ1n) is 9.39. The molecular weight excluding hydrogens is 327 g/mol. The highest BCUT2D eigenvalue weighted by molar-refractivity contribution is 5.73. The topological polar surface area (TPSA) is 32.3 Å². The van der Waals surface area contributed by atoms with Crippen LogP contribution in [0.5, 0.6) is 0 Å². The van der Waals surface area contributed by atoms with Gasteiger partial charge in [-0.1, -0.05) is 48.5 Å². The van der Waals surface area contributed by atoms with Gasteiger partial charge >= 0.3 is 0 Å². The zero-order valence-electron chi connectivity index (χ0n) is 15.3. The van der Waals surface area contributed by atoms with Crippen LogP contribution in [0.1, 0.15) is 24.5 Å². The Morgan fingerprint density at radius 2 is 1.88 bits per heavy atom. The quantitative estimate of drug-likeness (QED) is 0.862. The van der Waals surface area contributed by atoms with Crippen LogP contribution in [0.15, 0.2) is 54.6 Å². The summed E-state index contributed by atoms with van der Waals surface area (Å²) >= 11 is 0. The minimum absolute atomic E-state index is 0.137. The van der Waals surface area contributed by atoms with Crippen molar-refractivity contribution < 1.29 is 9.18 Å². The summed E-state index contributed by atoms with van der Waals surface area (Å²) in [6.45, 7) is 3.96. The summed E-state index contributed by atoms with van der Waals surface area (Å²) in [5.41, 5.74) is 2.05. The number of halogens is 1. The number of hydrogen-bond donors (Lipinski definition) is 1. The van der Waals surface area contributed by atoms with Crippen molar-refractivity contribution in [3.8, 4) is 0 Å². The van der Waals surface area contributed by atoms with Gasteiger partial charge < -0.3 is 10.2 Å². The van der Waals surface area contributed by atoms with Crippen LogP contribution in [0.3, 0.4) is 0 Å². The molecule has 1 fully saturated rings. The van der Waals surface area contributed by atoms with Crippen molar-refractivity contribution in [2.75, 3.05) is 19.6 Å². The van der Waals surface area contributed by atoms with Gasteiger partial charge in [0, 0.05) is 26.1 Å². The number of likely N-dealkylation sites (tertiary alicyclic amines) is 1. The number of carbonyl (C=O) groups is 1. The number of nitrogens with one attached hydrogen (secondary N) is 1. The molecule has 2 aromatic carbocycles. The molecule has 0 saturated carbocycles. The van der Waals surface area contributed by atoms with Gasteiger partial charge in [0.15, 0.2) is 0 Å². The van der Waals surface area contributed by atoms with Crippen molar-refractivity contribution in [2.45, 2.75) is 32.2 Å². The van der Waals surface area contributed by atoms with Gasteiger partial charge in [0.1, 0.15) is 5.82 Å². The molecule has 2 atom stereocenters. The Morgan fingerprint density at radius 1 is 1.15 bits per heavy atom. The molecule has 1 aliphatic rings. The predicted octanol–water partition coefficient (Wildman–Crippen LogP) is 3.44. The Kier molecular flexibility index (Phi) is 6.40. The van der Waals surface area contributed by atoms with Crippen molar-refractivity contribution in [1.82, 2.24) is 10.2 Å². The van der Waals surface area contributed by atoms with Crippen LogP contribution in [0.4, 0.5) is 4.39 Å². The van der Waals surface area contributed by atoms with E-state index in [1.807, 2.05) is 23.1 Å². The van der Waals surface area contributed by atoms with Crippen molar-refractivity contribution in [3.05, 3.63) is 71.5 Å². The Bertz CT molecular complexity index is 719. The molecule has 0 radical (unpaired) electrons. The summed E-state index contributed by atoms with van der Waals surface area (Å²) in [6.07, 6.45) is 2.56. The number of rotatable bonds is 6. The molecule has 0 unspecified atom stereocenters. The van der Waals surface area contributed by atoms with Crippen molar-refractivity contribution >= 4 is 5.91 Å². The average molecular weight is 354 g/mol. The van der Waals surface area contributed by atoms with Crippen molar-refractivity contribution in [2.24, 2.45) is 5.92 Å². The van der Waals surface area contributed by atoms with Gasteiger partial charge in [-0.2, -0.15) is 0 Å². The molecule has 2 aromatic rings. The standard InChI is InChI=1S/C22H27FN2O/c1-17(26)25-14-12-22(20(16-25)15-18-7-3-2-4-8-18)24-13-11-19-9-5-6-10-21(19)23/h2-10,20,22,24H,11-16H2,1H3/t20-,22+/m1/s1. The number of nitrogens with zero attached hydrogens (tertiary/aromatic N) is 1. The zero-order chi connectivity index (χ0) is 18.4. The minimum atomic E-state index is -0.137. The summed E-state index contributed by atoms with van der Waals surface area (Å²) in [7, 11) is 0. The second-order valence-electron chi connectivity index (χ2n) is 7.11. The molecule has 4 heteroatoms. The van der Waals surface area contributed by atoms with Crippen LogP contribution < -0.4 is 5.32 Å². The van der Waals surface area contributed by atoms with Crippen molar-refractivity contribution in [3.63, 3.8) is 0 Å². The molecule has 3 rings (SSSR count). The number of hydrogen-bond acceptors (Lipinski definition) is 2. The van der Waals surface area contributed by atoms with E-state index >= 15 is 0 Å². The Hall–Kier alpha value is -2.20. The SMILES string of the molecule is CC(=O)N1CC[C@H](NCCc2ccccc2F)[C@H](Cc2ccccc2)C1. The van der Waals surface area contributed by atoms with Gasteiger partial charge in [-0.25, -0.2) is 4.39 Å². The summed E-state index contributed by atoms with van der Waals surface area (Å²) in [5.74, 6) is 0.380. The molecule has 3 nitrogen and oxygen atoms in total. The van der Waals surface area contributed by atoms with Gasteiger partial charge in [-0.05, 0) is 48.9 Å². The van der Waals surface area contributed by atoms with Crippen LogP contribution in [0, 0.1) is 11.7 Å². The fourth-order valence-corrected chi connectivity index (χ4v) is 3.80. The summed E-state index contributed by atoms with van der Waals surface area (Å²) in [6, 6.07) is 17.7. The molecule has 0 spiro atoms. The second-order valence-corrected chi connectivity index (χ2v) is 7.11. The van der Waals surface area contributed by atoms with Gasteiger partial charge in [0.2, 0.25) is 5.91 Å². The third kappa shape index (κ3) is 4.92. The lowest BCUT2D eigenvalue weighted by molar-refractivity contribution is -0.131. The first-order chi connectivity index (χ1) is 12.6. The van der Waals surface area contributed by atoms with Crippen LogP contribution in [-0.4, -0.2) is 36.5 Å². The lowest BCUT2D eigenvalue weighted by atomic mass is 9.86. The number of piperidine rings is 1. The van der Waals surface area contributed by atoms with E-state index in [1.54, 1.807) is 13.0 Å². The molecule has 1 aliphatic heterocycles. The third-order valence-electron chi connectivity index (χ3n) is 5.28. The lowest BCUT2D eigenvalue weighted by Crippen LogP contribution is -2.51. The highest BCUT2D eigenvalue weighted by Crippen LogP contribution is 2.22. The van der Waals surface area contributed by atoms with Gasteiger partial charge in [0.05, 0.1) is 0 Å². The molecule has 1 saturated heterocycles. The van der Waals surface area contributed by atoms with Crippen LogP contribution >= 0.6 is 0 Å². The molecule has 138 valence electrons. The van der Waals surface area contributed by atoms with E-state index in [9.17, 15) is 9.18 Å². The first-order valence-corrected chi connectivity index (χ1v) is 9.39.